The van der Waals surface area contributed by atoms with Crippen LogP contribution >= 0.6 is 0 Å². The molecule has 2 rings (SSSR count). The summed E-state index contributed by atoms with van der Waals surface area (Å²) < 4.78 is 5.13. The first-order valence-electron chi connectivity index (χ1n) is 7.13. The van der Waals surface area contributed by atoms with Crippen LogP contribution in [0.1, 0.15) is 23.2 Å². The van der Waals surface area contributed by atoms with Gasteiger partial charge >= 0.3 is 0 Å². The molecule has 0 saturated carbocycles. The summed E-state index contributed by atoms with van der Waals surface area (Å²) in [5, 5.41) is 12.6. The van der Waals surface area contributed by atoms with Crippen LogP contribution in [0.4, 0.5) is 5.69 Å². The molecule has 0 amide bonds. The van der Waals surface area contributed by atoms with Crippen molar-refractivity contribution in [3.63, 3.8) is 0 Å². The molecular formula is C17H18N4O2. The Morgan fingerprint density at radius 2 is 1.87 bits per heavy atom. The summed E-state index contributed by atoms with van der Waals surface area (Å²) in [6, 6.07) is 15.9. The van der Waals surface area contributed by atoms with Gasteiger partial charge in [-0.2, -0.15) is 5.53 Å². The van der Waals surface area contributed by atoms with Crippen molar-refractivity contribution in [1.82, 2.24) is 0 Å². The first-order chi connectivity index (χ1) is 11.2. The number of ether oxygens (including phenoxy) is 1. The van der Waals surface area contributed by atoms with E-state index < -0.39 is 0 Å². The Morgan fingerprint density at radius 1 is 1.13 bits per heavy atom. The molecule has 0 fully saturated rings. The van der Waals surface area contributed by atoms with Gasteiger partial charge in [0.1, 0.15) is 11.6 Å². The van der Waals surface area contributed by atoms with Crippen molar-refractivity contribution in [1.29, 1.82) is 10.9 Å². The van der Waals surface area contributed by atoms with Gasteiger partial charge in [0.05, 0.1) is 12.8 Å². The number of methoxy groups -OCH3 is 1. The zero-order valence-corrected chi connectivity index (χ0v) is 12.8. The number of benzene rings is 2. The number of hydrogen-bond acceptors (Lipinski definition) is 5. The Bertz CT molecular complexity index is 701. The fourth-order valence-corrected chi connectivity index (χ4v) is 2.12. The molecule has 0 aliphatic rings. The minimum atomic E-state index is -0.0362. The highest BCUT2D eigenvalue weighted by molar-refractivity contribution is 6.01. The van der Waals surface area contributed by atoms with Gasteiger partial charge in [-0.05, 0) is 12.1 Å². The third kappa shape index (κ3) is 4.23. The van der Waals surface area contributed by atoms with Crippen molar-refractivity contribution in [3.05, 3.63) is 60.2 Å². The van der Waals surface area contributed by atoms with Crippen LogP contribution < -0.4 is 9.75 Å². The van der Waals surface area contributed by atoms with Gasteiger partial charge in [0, 0.05) is 24.5 Å². The fourth-order valence-electron chi connectivity index (χ4n) is 2.12. The zero-order chi connectivity index (χ0) is 16.7. The first-order valence-corrected chi connectivity index (χ1v) is 7.13. The standard InChI is InChI=1S/C17H18N4O2/c1-23-15-9-5-8-14(12-15)21(20-19)17(18)11-10-16(22)13-6-3-2-4-7-13/h2-9,12,18-19H,10-11H2,1H3. The van der Waals surface area contributed by atoms with Crippen LogP contribution in [0.3, 0.4) is 0 Å². The summed E-state index contributed by atoms with van der Waals surface area (Å²) in [5.41, 5.74) is 8.46. The molecule has 0 aliphatic heterocycles. The van der Waals surface area contributed by atoms with Crippen LogP contribution in [-0.2, 0) is 0 Å². The van der Waals surface area contributed by atoms with Gasteiger partial charge in [-0.25, -0.2) is 5.01 Å². The summed E-state index contributed by atoms with van der Waals surface area (Å²) in [6.07, 6.45) is 0.395. The van der Waals surface area contributed by atoms with E-state index in [-0.39, 0.29) is 24.5 Å². The highest BCUT2D eigenvalue weighted by Crippen LogP contribution is 2.22. The van der Waals surface area contributed by atoms with Crippen LogP contribution in [0.2, 0.25) is 0 Å². The second kappa shape index (κ2) is 7.84. The highest BCUT2D eigenvalue weighted by Gasteiger charge is 2.14. The third-order valence-electron chi connectivity index (χ3n) is 3.34. The molecule has 0 unspecified atom stereocenters. The fraction of sp³-hybridized carbons (Fsp3) is 0.176. The average molecular weight is 310 g/mol. The van der Waals surface area contributed by atoms with Gasteiger partial charge in [-0.15, -0.1) is 0 Å². The number of Topliss-reactive ketones (excluding diaryl/α,β-unsaturated/α-hetero) is 1. The van der Waals surface area contributed by atoms with Crippen molar-refractivity contribution in [3.8, 4) is 5.75 Å². The lowest BCUT2D eigenvalue weighted by atomic mass is 10.1. The molecule has 0 bridgehead atoms. The minimum absolute atomic E-state index is 0.0362. The van der Waals surface area contributed by atoms with Gasteiger partial charge in [-0.3, -0.25) is 10.2 Å². The number of carbonyl (C=O) groups excluding carboxylic acids is 1. The number of carbonyl (C=O) groups is 1. The first kappa shape index (κ1) is 16.4. The Balaban J connectivity index is 2.03. The van der Waals surface area contributed by atoms with Crippen LogP contribution in [0.5, 0.6) is 5.75 Å². The van der Waals surface area contributed by atoms with E-state index in [0.29, 0.717) is 17.0 Å². The van der Waals surface area contributed by atoms with Gasteiger partial charge in [0.2, 0.25) is 0 Å². The van der Waals surface area contributed by atoms with E-state index in [1.54, 1.807) is 55.6 Å². The van der Waals surface area contributed by atoms with E-state index in [0.717, 1.165) is 0 Å². The Hall–Kier alpha value is -3.02. The summed E-state index contributed by atoms with van der Waals surface area (Å²) in [4.78, 5) is 12.1. The van der Waals surface area contributed by atoms with Crippen molar-refractivity contribution in [2.45, 2.75) is 12.8 Å². The number of rotatable bonds is 7. The molecular weight excluding hydrogens is 292 g/mol. The molecule has 0 heterocycles. The van der Waals surface area contributed by atoms with Crippen molar-refractivity contribution in [2.24, 2.45) is 5.22 Å². The smallest absolute Gasteiger partial charge is 0.163 e. The molecule has 118 valence electrons. The maximum absolute atomic E-state index is 12.1. The second-order valence-corrected chi connectivity index (χ2v) is 4.85. The quantitative estimate of drug-likeness (QED) is 0.265. The second-order valence-electron chi connectivity index (χ2n) is 4.85. The van der Waals surface area contributed by atoms with Gasteiger partial charge < -0.3 is 4.74 Å². The molecule has 2 aromatic carbocycles. The zero-order valence-electron chi connectivity index (χ0n) is 12.8. The molecule has 0 atom stereocenters. The molecule has 0 aliphatic carbocycles. The Kier molecular flexibility index (Phi) is 5.57. The highest BCUT2D eigenvalue weighted by atomic mass is 16.5. The molecule has 6 nitrogen and oxygen atoms in total. The lowest BCUT2D eigenvalue weighted by Crippen LogP contribution is -2.24. The van der Waals surface area contributed by atoms with Gasteiger partial charge in [-0.1, -0.05) is 41.6 Å². The van der Waals surface area contributed by atoms with E-state index in [1.165, 1.54) is 5.01 Å². The summed E-state index contributed by atoms with van der Waals surface area (Å²) in [5.74, 6) is 0.660. The third-order valence-corrected chi connectivity index (χ3v) is 3.34. The van der Waals surface area contributed by atoms with E-state index in [1.807, 2.05) is 6.07 Å². The maximum atomic E-state index is 12.1. The molecule has 0 spiro atoms. The molecule has 0 saturated heterocycles. The molecule has 0 radical (unpaired) electrons. The molecule has 6 heteroatoms. The Morgan fingerprint density at radius 3 is 2.52 bits per heavy atom. The SMILES string of the molecule is COc1cccc(N(N=N)C(=N)CCC(=O)c2ccccc2)c1. The van der Waals surface area contributed by atoms with Crippen LogP contribution in [0.15, 0.2) is 59.8 Å². The molecule has 0 aromatic heterocycles. The minimum Gasteiger partial charge on any atom is -0.497 e. The van der Waals surface area contributed by atoms with Crippen molar-refractivity contribution >= 4 is 17.3 Å². The van der Waals surface area contributed by atoms with Crippen LogP contribution in [-0.4, -0.2) is 18.7 Å². The van der Waals surface area contributed by atoms with Crippen molar-refractivity contribution < 1.29 is 9.53 Å². The number of amidine groups is 1. The average Bonchev–Trinajstić information content (AvgIpc) is 2.61. The summed E-state index contributed by atoms with van der Waals surface area (Å²) in [6.45, 7) is 0. The van der Waals surface area contributed by atoms with Crippen LogP contribution in [0, 0.1) is 10.9 Å². The largest absolute Gasteiger partial charge is 0.497 e. The van der Waals surface area contributed by atoms with Crippen LogP contribution in [0.25, 0.3) is 0 Å². The maximum Gasteiger partial charge on any atom is 0.163 e. The van der Waals surface area contributed by atoms with E-state index in [9.17, 15) is 4.79 Å². The lowest BCUT2D eigenvalue weighted by Gasteiger charge is -2.18. The number of nitrogens with zero attached hydrogens (tertiary/aromatic N) is 2. The van der Waals surface area contributed by atoms with E-state index in [2.05, 4.69) is 5.22 Å². The van der Waals surface area contributed by atoms with Gasteiger partial charge in [0.15, 0.2) is 5.78 Å². The topological polar surface area (TPSA) is 89.6 Å². The predicted molar refractivity (Wildman–Crippen MR) is 88.4 cm³/mol. The molecule has 2 aromatic rings. The Labute approximate surface area is 134 Å². The predicted octanol–water partition coefficient (Wildman–Crippen LogP) is 4.09. The summed E-state index contributed by atoms with van der Waals surface area (Å²) >= 11 is 0. The van der Waals surface area contributed by atoms with E-state index in [4.69, 9.17) is 15.7 Å². The molecule has 2 N–H and O–H groups in total. The number of nitrogens with one attached hydrogen (secondary N) is 2. The molecule has 23 heavy (non-hydrogen) atoms. The number of hydrogen-bond donors (Lipinski definition) is 2. The lowest BCUT2D eigenvalue weighted by molar-refractivity contribution is 0.0984. The number of anilines is 1. The van der Waals surface area contributed by atoms with E-state index >= 15 is 0 Å². The summed E-state index contributed by atoms with van der Waals surface area (Å²) in [7, 11) is 1.55. The van der Waals surface area contributed by atoms with Gasteiger partial charge in [0.25, 0.3) is 0 Å². The van der Waals surface area contributed by atoms with Crippen molar-refractivity contribution in [2.75, 3.05) is 12.1 Å². The monoisotopic (exact) mass is 310 g/mol. The number of ketones is 1. The normalized spacial score (nSPS) is 9.96.